The number of amides is 1. The first kappa shape index (κ1) is 15.6. The number of ether oxygens (including phenoxy) is 1. The molecule has 7 heteroatoms. The Morgan fingerprint density at radius 2 is 2.10 bits per heavy atom. The zero-order valence-corrected chi connectivity index (χ0v) is 13.0. The summed E-state index contributed by atoms with van der Waals surface area (Å²) in [5.74, 6) is -0.644. The van der Waals surface area contributed by atoms with Gasteiger partial charge in [0.25, 0.3) is 5.91 Å². The lowest BCUT2D eigenvalue weighted by molar-refractivity contribution is -0.118. The van der Waals surface area contributed by atoms with Crippen LogP contribution in [0.25, 0.3) is 0 Å². The van der Waals surface area contributed by atoms with Crippen LogP contribution in [0, 0.1) is 5.82 Å². The van der Waals surface area contributed by atoms with Crippen LogP contribution in [0.15, 0.2) is 40.9 Å². The van der Waals surface area contributed by atoms with E-state index in [4.69, 9.17) is 22.1 Å². The summed E-state index contributed by atoms with van der Waals surface area (Å²) < 4.78 is 18.9. The second kappa shape index (κ2) is 6.78. The summed E-state index contributed by atoms with van der Waals surface area (Å²) in [6, 6.07) is 8.71. The second-order valence-electron chi connectivity index (χ2n) is 4.15. The third-order valence-electron chi connectivity index (χ3n) is 2.52. The van der Waals surface area contributed by atoms with Crippen LogP contribution in [-0.4, -0.2) is 12.5 Å². The first-order chi connectivity index (χ1) is 9.95. The molecular formula is C14H11BrClFN2O2. The SMILES string of the molecule is Nc1ccc(Cl)c(NC(=O)COc2cc(F)ccc2Br)c1. The van der Waals surface area contributed by atoms with E-state index in [0.717, 1.165) is 0 Å². The smallest absolute Gasteiger partial charge is 0.262 e. The molecule has 2 aromatic rings. The molecule has 110 valence electrons. The predicted octanol–water partition coefficient (Wildman–Crippen LogP) is 3.84. The van der Waals surface area contributed by atoms with Crippen LogP contribution in [0.3, 0.4) is 0 Å². The van der Waals surface area contributed by atoms with Gasteiger partial charge in [-0.3, -0.25) is 4.79 Å². The van der Waals surface area contributed by atoms with E-state index in [1.165, 1.54) is 18.2 Å². The first-order valence-electron chi connectivity index (χ1n) is 5.88. The minimum absolute atomic E-state index is 0.240. The van der Waals surface area contributed by atoms with Gasteiger partial charge < -0.3 is 15.8 Å². The molecule has 0 radical (unpaired) electrons. The highest BCUT2D eigenvalue weighted by atomic mass is 79.9. The van der Waals surface area contributed by atoms with E-state index in [1.54, 1.807) is 18.2 Å². The number of hydrogen-bond donors (Lipinski definition) is 2. The molecule has 2 rings (SSSR count). The number of nitrogen functional groups attached to an aromatic ring is 1. The van der Waals surface area contributed by atoms with Crippen LogP contribution < -0.4 is 15.8 Å². The zero-order chi connectivity index (χ0) is 15.4. The molecule has 0 aliphatic heterocycles. The maximum Gasteiger partial charge on any atom is 0.262 e. The highest BCUT2D eigenvalue weighted by Crippen LogP contribution is 2.26. The van der Waals surface area contributed by atoms with Gasteiger partial charge in [0.2, 0.25) is 0 Å². The van der Waals surface area contributed by atoms with Crippen LogP contribution in [-0.2, 0) is 4.79 Å². The van der Waals surface area contributed by atoms with Crippen molar-refractivity contribution in [1.82, 2.24) is 0 Å². The summed E-state index contributed by atoms with van der Waals surface area (Å²) in [5.41, 5.74) is 6.48. The third kappa shape index (κ3) is 4.34. The van der Waals surface area contributed by atoms with Gasteiger partial charge in [-0.1, -0.05) is 11.6 Å². The van der Waals surface area contributed by atoms with E-state index < -0.39 is 11.7 Å². The van der Waals surface area contributed by atoms with Gasteiger partial charge in [-0.15, -0.1) is 0 Å². The van der Waals surface area contributed by atoms with E-state index >= 15 is 0 Å². The van der Waals surface area contributed by atoms with Gasteiger partial charge in [0.15, 0.2) is 6.61 Å². The Morgan fingerprint density at radius 3 is 2.86 bits per heavy atom. The van der Waals surface area contributed by atoms with Crippen molar-refractivity contribution in [3.63, 3.8) is 0 Å². The molecule has 0 aliphatic rings. The predicted molar refractivity (Wildman–Crippen MR) is 84.1 cm³/mol. The van der Waals surface area contributed by atoms with Gasteiger partial charge in [-0.25, -0.2) is 4.39 Å². The van der Waals surface area contributed by atoms with Gasteiger partial charge in [0.05, 0.1) is 15.2 Å². The molecule has 1 amide bonds. The molecule has 0 heterocycles. The Balaban J connectivity index is 1.99. The molecule has 21 heavy (non-hydrogen) atoms. The number of anilines is 2. The van der Waals surface area contributed by atoms with E-state index in [2.05, 4.69) is 21.2 Å². The van der Waals surface area contributed by atoms with Crippen molar-refractivity contribution in [3.05, 3.63) is 51.7 Å². The Kier molecular flexibility index (Phi) is 5.03. The summed E-state index contributed by atoms with van der Waals surface area (Å²) in [6.45, 7) is -0.285. The van der Waals surface area contributed by atoms with Crippen molar-refractivity contribution in [2.75, 3.05) is 17.7 Å². The minimum atomic E-state index is -0.451. The van der Waals surface area contributed by atoms with Gasteiger partial charge >= 0.3 is 0 Å². The van der Waals surface area contributed by atoms with Crippen LogP contribution in [0.1, 0.15) is 0 Å². The second-order valence-corrected chi connectivity index (χ2v) is 5.41. The number of halogens is 3. The Bertz CT molecular complexity index is 682. The molecule has 0 spiro atoms. The monoisotopic (exact) mass is 372 g/mol. The van der Waals surface area contributed by atoms with Crippen LogP contribution in [0.4, 0.5) is 15.8 Å². The van der Waals surface area contributed by atoms with Gasteiger partial charge in [-0.05, 0) is 46.3 Å². The summed E-state index contributed by atoms with van der Waals surface area (Å²) in [6.07, 6.45) is 0. The van der Waals surface area contributed by atoms with Gasteiger partial charge in [0, 0.05) is 11.8 Å². The standard InChI is InChI=1S/C14H11BrClFN2O2/c15-10-3-1-8(17)5-13(10)21-7-14(20)19-12-6-9(18)2-4-11(12)16/h1-6H,7,18H2,(H,19,20). The quantitative estimate of drug-likeness (QED) is 0.800. The molecule has 0 atom stereocenters. The van der Waals surface area contributed by atoms with Crippen LogP contribution in [0.2, 0.25) is 5.02 Å². The molecule has 0 bridgehead atoms. The molecule has 0 aliphatic carbocycles. The molecule has 0 saturated carbocycles. The Labute approximate surface area is 134 Å². The van der Waals surface area contributed by atoms with Crippen LogP contribution in [0.5, 0.6) is 5.75 Å². The summed E-state index contributed by atoms with van der Waals surface area (Å²) in [4.78, 5) is 11.8. The fraction of sp³-hybridized carbons (Fsp3) is 0.0714. The maximum atomic E-state index is 13.1. The van der Waals surface area contributed by atoms with E-state index in [1.807, 2.05) is 0 Å². The van der Waals surface area contributed by atoms with Crippen molar-refractivity contribution in [3.8, 4) is 5.75 Å². The Hall–Kier alpha value is -1.79. The number of hydrogen-bond acceptors (Lipinski definition) is 3. The summed E-state index contributed by atoms with van der Waals surface area (Å²) in [7, 11) is 0. The lowest BCUT2D eigenvalue weighted by Gasteiger charge is -2.10. The lowest BCUT2D eigenvalue weighted by Crippen LogP contribution is -2.20. The van der Waals surface area contributed by atoms with Crippen molar-refractivity contribution in [2.24, 2.45) is 0 Å². The Morgan fingerprint density at radius 1 is 1.33 bits per heavy atom. The summed E-state index contributed by atoms with van der Waals surface area (Å²) >= 11 is 9.14. The lowest BCUT2D eigenvalue weighted by atomic mass is 10.3. The van der Waals surface area contributed by atoms with Gasteiger partial charge in [0.1, 0.15) is 11.6 Å². The molecule has 0 aromatic heterocycles. The highest BCUT2D eigenvalue weighted by molar-refractivity contribution is 9.10. The minimum Gasteiger partial charge on any atom is -0.482 e. The molecule has 2 aromatic carbocycles. The number of benzene rings is 2. The molecule has 0 fully saturated rings. The van der Waals surface area contributed by atoms with E-state index in [0.29, 0.717) is 20.9 Å². The number of rotatable bonds is 4. The first-order valence-corrected chi connectivity index (χ1v) is 7.05. The normalized spacial score (nSPS) is 10.2. The van der Waals surface area contributed by atoms with Crippen LogP contribution >= 0.6 is 27.5 Å². The zero-order valence-electron chi connectivity index (χ0n) is 10.7. The fourth-order valence-corrected chi connectivity index (χ4v) is 2.08. The average molecular weight is 374 g/mol. The van der Waals surface area contributed by atoms with E-state index in [-0.39, 0.29) is 12.4 Å². The molecule has 0 unspecified atom stereocenters. The molecular weight excluding hydrogens is 363 g/mol. The highest BCUT2D eigenvalue weighted by Gasteiger charge is 2.09. The van der Waals surface area contributed by atoms with Gasteiger partial charge in [-0.2, -0.15) is 0 Å². The molecule has 0 saturated heterocycles. The largest absolute Gasteiger partial charge is 0.482 e. The topological polar surface area (TPSA) is 64.3 Å². The number of carbonyl (C=O) groups is 1. The fourth-order valence-electron chi connectivity index (χ4n) is 1.56. The van der Waals surface area contributed by atoms with Crippen molar-refractivity contribution in [2.45, 2.75) is 0 Å². The van der Waals surface area contributed by atoms with Crippen molar-refractivity contribution < 1.29 is 13.9 Å². The number of carbonyl (C=O) groups excluding carboxylic acids is 1. The summed E-state index contributed by atoms with van der Waals surface area (Å²) in [5, 5.41) is 2.94. The number of nitrogens with one attached hydrogen (secondary N) is 1. The molecule has 4 nitrogen and oxygen atoms in total. The van der Waals surface area contributed by atoms with Crippen molar-refractivity contribution in [1.29, 1.82) is 0 Å². The third-order valence-corrected chi connectivity index (χ3v) is 3.50. The molecule has 3 N–H and O–H groups in total. The average Bonchev–Trinajstić information content (AvgIpc) is 2.44. The van der Waals surface area contributed by atoms with Crippen molar-refractivity contribution >= 4 is 44.8 Å². The number of nitrogens with two attached hydrogens (primary N) is 1. The maximum absolute atomic E-state index is 13.1. The van der Waals surface area contributed by atoms with E-state index in [9.17, 15) is 9.18 Å².